The van der Waals surface area contributed by atoms with Crippen LogP contribution in [-0.4, -0.2) is 57.6 Å². The van der Waals surface area contributed by atoms with Crippen LogP contribution in [0.3, 0.4) is 0 Å². The number of carbonyl (C=O) groups is 3. The van der Waals surface area contributed by atoms with Gasteiger partial charge in [0.1, 0.15) is 24.0 Å². The van der Waals surface area contributed by atoms with Gasteiger partial charge >= 0.3 is 0 Å². The van der Waals surface area contributed by atoms with Crippen LogP contribution >= 0.6 is 0 Å². The monoisotopic (exact) mass is 528 g/mol. The van der Waals surface area contributed by atoms with Gasteiger partial charge in [-0.05, 0) is 37.8 Å². The summed E-state index contributed by atoms with van der Waals surface area (Å²) in [5.74, 6) is -0.883. The number of anilines is 1. The first-order valence-electron chi connectivity index (χ1n) is 13.1. The molecule has 0 aliphatic rings. The third-order valence-electron chi connectivity index (χ3n) is 6.21. The van der Waals surface area contributed by atoms with Crippen LogP contribution in [0.25, 0.3) is 0 Å². The molecule has 0 saturated heterocycles. The van der Waals surface area contributed by atoms with Crippen LogP contribution in [0.4, 0.5) is 5.69 Å². The molecule has 0 aliphatic carbocycles. The summed E-state index contributed by atoms with van der Waals surface area (Å²) in [7, 11) is 1.68. The molecule has 38 heavy (non-hydrogen) atoms. The molecule has 208 valence electrons. The van der Waals surface area contributed by atoms with E-state index in [0.717, 1.165) is 12.8 Å². The maximum absolute atomic E-state index is 13.2. The van der Waals surface area contributed by atoms with Gasteiger partial charge in [-0.3, -0.25) is 19.2 Å². The minimum absolute atomic E-state index is 0.0250. The van der Waals surface area contributed by atoms with E-state index in [1.54, 1.807) is 17.7 Å². The van der Waals surface area contributed by atoms with Crippen molar-refractivity contribution in [3.8, 4) is 0 Å². The van der Waals surface area contributed by atoms with Gasteiger partial charge in [0.15, 0.2) is 0 Å². The summed E-state index contributed by atoms with van der Waals surface area (Å²) < 4.78 is 8.07. The van der Waals surface area contributed by atoms with Crippen LogP contribution in [-0.2, 0) is 27.9 Å². The number of ether oxygens (including phenoxy) is 1. The largest absolute Gasteiger partial charge is 0.378 e. The molecule has 11 heteroatoms. The van der Waals surface area contributed by atoms with Gasteiger partial charge in [0.25, 0.3) is 11.5 Å². The Hall–Kier alpha value is -3.73. The van der Waals surface area contributed by atoms with Crippen molar-refractivity contribution in [2.75, 3.05) is 25.1 Å². The number of pyridine rings is 1. The number of imidazole rings is 1. The van der Waals surface area contributed by atoms with Crippen molar-refractivity contribution < 1.29 is 19.1 Å². The summed E-state index contributed by atoms with van der Waals surface area (Å²) in [6, 6.07) is 2.15. The Kier molecular flexibility index (Phi) is 13.0. The quantitative estimate of drug-likeness (QED) is 0.226. The lowest BCUT2D eigenvalue weighted by Gasteiger charge is -2.18. The van der Waals surface area contributed by atoms with Gasteiger partial charge in [-0.25, -0.2) is 4.98 Å². The Balaban J connectivity index is 2.10. The van der Waals surface area contributed by atoms with E-state index in [1.807, 2.05) is 19.1 Å². The SMILES string of the molecule is CCOCC=CCCC(NC(=O)c1cncn1C)C(=O)Nc1cccn(CC(=O)NCC(CC)CC)c1=O. The first-order chi connectivity index (χ1) is 18.3. The molecular weight excluding hydrogens is 488 g/mol. The second-order valence-corrected chi connectivity index (χ2v) is 8.95. The Labute approximate surface area is 223 Å². The molecule has 1 atom stereocenters. The molecule has 2 heterocycles. The van der Waals surface area contributed by atoms with Crippen LogP contribution in [0, 0.1) is 5.92 Å². The molecule has 0 bridgehead atoms. The number of aromatic nitrogens is 3. The van der Waals surface area contributed by atoms with Crippen LogP contribution in [0.2, 0.25) is 0 Å². The molecule has 0 saturated carbocycles. The number of carbonyl (C=O) groups excluding carboxylic acids is 3. The van der Waals surface area contributed by atoms with Crippen molar-refractivity contribution in [2.45, 2.75) is 59.0 Å². The predicted molar refractivity (Wildman–Crippen MR) is 146 cm³/mol. The molecule has 2 aromatic heterocycles. The maximum atomic E-state index is 13.2. The van der Waals surface area contributed by atoms with Gasteiger partial charge in [-0.1, -0.05) is 38.8 Å². The fourth-order valence-electron chi connectivity index (χ4n) is 3.73. The molecule has 1 unspecified atom stereocenters. The normalized spacial score (nSPS) is 12.0. The van der Waals surface area contributed by atoms with E-state index in [4.69, 9.17) is 4.74 Å². The van der Waals surface area contributed by atoms with E-state index in [9.17, 15) is 19.2 Å². The Morgan fingerprint density at radius 3 is 2.58 bits per heavy atom. The fraction of sp³-hybridized carbons (Fsp3) is 0.519. The van der Waals surface area contributed by atoms with Crippen LogP contribution in [0.5, 0.6) is 0 Å². The first kappa shape index (κ1) is 30.5. The Bertz CT molecular complexity index is 1130. The number of hydrogen-bond acceptors (Lipinski definition) is 6. The van der Waals surface area contributed by atoms with Crippen LogP contribution in [0.1, 0.15) is 56.9 Å². The second kappa shape index (κ2) is 16.2. The van der Waals surface area contributed by atoms with E-state index in [1.165, 1.54) is 29.4 Å². The highest BCUT2D eigenvalue weighted by molar-refractivity contribution is 6.00. The third-order valence-corrected chi connectivity index (χ3v) is 6.21. The zero-order valence-corrected chi connectivity index (χ0v) is 22.7. The van der Waals surface area contributed by atoms with E-state index in [2.05, 4.69) is 34.8 Å². The standard InChI is InChI=1S/C27H40N6O5/c1-5-20(6-2)16-29-24(34)18-33-14-11-13-22(27(33)37)31-25(35)21(12-9-8-10-15-38-7-3)30-26(36)23-17-28-19-32(23)4/h8,10-11,13-14,17,19-21H,5-7,9,12,15-16,18H2,1-4H3,(H,29,34)(H,30,36)(H,31,35). The van der Waals surface area contributed by atoms with Gasteiger partial charge in [-0.2, -0.15) is 0 Å². The summed E-state index contributed by atoms with van der Waals surface area (Å²) in [6.45, 7) is 7.50. The summed E-state index contributed by atoms with van der Waals surface area (Å²) >= 11 is 0. The molecule has 11 nitrogen and oxygen atoms in total. The Morgan fingerprint density at radius 2 is 1.92 bits per heavy atom. The molecule has 0 fully saturated rings. The molecule has 0 spiro atoms. The minimum atomic E-state index is -0.912. The van der Waals surface area contributed by atoms with Gasteiger partial charge in [0.05, 0.1) is 19.1 Å². The zero-order chi connectivity index (χ0) is 27.9. The Morgan fingerprint density at radius 1 is 1.16 bits per heavy atom. The number of aryl methyl sites for hydroxylation is 1. The van der Waals surface area contributed by atoms with Crippen molar-refractivity contribution in [1.29, 1.82) is 0 Å². The van der Waals surface area contributed by atoms with Crippen molar-refractivity contribution in [3.63, 3.8) is 0 Å². The topological polar surface area (TPSA) is 136 Å². The lowest BCUT2D eigenvalue weighted by atomic mass is 10.0. The predicted octanol–water partition coefficient (Wildman–Crippen LogP) is 2.24. The van der Waals surface area contributed by atoms with E-state index >= 15 is 0 Å². The molecule has 2 rings (SSSR count). The number of amides is 3. The first-order valence-corrected chi connectivity index (χ1v) is 13.1. The van der Waals surface area contributed by atoms with E-state index in [-0.39, 0.29) is 18.1 Å². The van der Waals surface area contributed by atoms with Crippen molar-refractivity contribution in [1.82, 2.24) is 24.8 Å². The molecule has 2 aromatic rings. The molecule has 0 aromatic carbocycles. The highest BCUT2D eigenvalue weighted by atomic mass is 16.5. The van der Waals surface area contributed by atoms with Crippen LogP contribution < -0.4 is 21.5 Å². The molecule has 0 aliphatic heterocycles. The lowest BCUT2D eigenvalue weighted by Crippen LogP contribution is -2.45. The molecule has 3 N–H and O–H groups in total. The molecule has 3 amide bonds. The number of allylic oxidation sites excluding steroid dienone is 1. The zero-order valence-electron chi connectivity index (χ0n) is 22.7. The maximum Gasteiger partial charge on any atom is 0.274 e. The number of nitrogens with zero attached hydrogens (tertiary/aromatic N) is 3. The second-order valence-electron chi connectivity index (χ2n) is 8.95. The third kappa shape index (κ3) is 9.62. The fourth-order valence-corrected chi connectivity index (χ4v) is 3.73. The highest BCUT2D eigenvalue weighted by Crippen LogP contribution is 2.08. The van der Waals surface area contributed by atoms with Crippen molar-refractivity contribution >= 4 is 23.4 Å². The lowest BCUT2D eigenvalue weighted by molar-refractivity contribution is -0.122. The molecular formula is C27H40N6O5. The summed E-state index contributed by atoms with van der Waals surface area (Å²) in [5.41, 5.74) is -0.181. The number of nitrogens with one attached hydrogen (secondary N) is 3. The van der Waals surface area contributed by atoms with E-state index in [0.29, 0.717) is 44.2 Å². The smallest absolute Gasteiger partial charge is 0.274 e. The summed E-state index contributed by atoms with van der Waals surface area (Å²) in [6.07, 6.45) is 10.9. The average Bonchev–Trinajstić information content (AvgIpc) is 3.34. The minimum Gasteiger partial charge on any atom is -0.378 e. The summed E-state index contributed by atoms with van der Waals surface area (Å²) in [4.78, 5) is 55.2. The number of hydrogen-bond donors (Lipinski definition) is 3. The molecule has 0 radical (unpaired) electrons. The van der Waals surface area contributed by atoms with Gasteiger partial charge in [-0.15, -0.1) is 0 Å². The van der Waals surface area contributed by atoms with Crippen LogP contribution in [0.15, 0.2) is 47.8 Å². The van der Waals surface area contributed by atoms with E-state index < -0.39 is 23.4 Å². The van der Waals surface area contributed by atoms with Gasteiger partial charge < -0.3 is 29.8 Å². The van der Waals surface area contributed by atoms with Crippen molar-refractivity contribution in [3.05, 3.63) is 59.1 Å². The van der Waals surface area contributed by atoms with Crippen molar-refractivity contribution in [2.24, 2.45) is 13.0 Å². The van der Waals surface area contributed by atoms with Gasteiger partial charge in [0, 0.05) is 26.4 Å². The number of rotatable bonds is 16. The van der Waals surface area contributed by atoms with Gasteiger partial charge in [0.2, 0.25) is 11.8 Å². The highest BCUT2D eigenvalue weighted by Gasteiger charge is 2.23. The average molecular weight is 529 g/mol. The summed E-state index contributed by atoms with van der Waals surface area (Å²) in [5, 5.41) is 8.23.